The molecule has 0 radical (unpaired) electrons. The quantitative estimate of drug-likeness (QED) is 0.208. The zero-order chi connectivity index (χ0) is 20.1. The molecule has 6 nitrogen and oxygen atoms in total. The van der Waals surface area contributed by atoms with Gasteiger partial charge in [0, 0.05) is 33.9 Å². The lowest BCUT2D eigenvalue weighted by atomic mass is 9.89. The molecule has 1 aromatic carbocycles. The average Bonchev–Trinajstić information content (AvgIpc) is 2.64. The molecule has 0 aliphatic rings. The smallest absolute Gasteiger partial charge is 0.191 e. The van der Waals surface area contributed by atoms with Gasteiger partial charge in [-0.25, -0.2) is 0 Å². The van der Waals surface area contributed by atoms with Crippen LogP contribution >= 0.6 is 24.0 Å². The van der Waals surface area contributed by atoms with Gasteiger partial charge in [0.05, 0.1) is 25.9 Å². The van der Waals surface area contributed by atoms with Gasteiger partial charge in [0.25, 0.3) is 0 Å². The normalized spacial score (nSPS) is 13.0. The predicted molar refractivity (Wildman–Crippen MR) is 126 cm³/mol. The lowest BCUT2D eigenvalue weighted by molar-refractivity contribution is 0.0205. The molecule has 0 spiro atoms. The summed E-state index contributed by atoms with van der Waals surface area (Å²) >= 11 is 0. The number of hydrogen-bond donors (Lipinski definition) is 2. The van der Waals surface area contributed by atoms with Crippen LogP contribution in [-0.4, -0.2) is 52.6 Å². The molecule has 0 aliphatic carbocycles. The highest BCUT2D eigenvalue weighted by Crippen LogP contribution is 2.20. The number of guanidine groups is 1. The van der Waals surface area contributed by atoms with Crippen molar-refractivity contribution in [3.8, 4) is 0 Å². The van der Waals surface area contributed by atoms with Gasteiger partial charge < -0.3 is 24.8 Å². The standard InChI is InChI=1S/C21H37N3O3.HI/c1-7-26-11-12-27-16-18-10-8-9-17(13-18)14-23-20(22-5)24-15-19(25-6)21(2,3)4;/h8-10,13,19H,7,11-12,14-16H2,1-6H3,(H2,22,23,24);1H. The van der Waals surface area contributed by atoms with E-state index in [0.29, 0.717) is 32.9 Å². The van der Waals surface area contributed by atoms with E-state index in [9.17, 15) is 0 Å². The fourth-order valence-corrected chi connectivity index (χ4v) is 2.62. The fraction of sp³-hybridized carbons (Fsp3) is 0.667. The molecular formula is C21H38IN3O3. The zero-order valence-corrected chi connectivity index (χ0v) is 20.5. The van der Waals surface area contributed by atoms with Gasteiger partial charge in [0.2, 0.25) is 0 Å². The van der Waals surface area contributed by atoms with Gasteiger partial charge in [-0.3, -0.25) is 4.99 Å². The molecular weight excluding hydrogens is 469 g/mol. The van der Waals surface area contributed by atoms with Crippen LogP contribution in [0.5, 0.6) is 0 Å². The number of methoxy groups -OCH3 is 1. The third kappa shape index (κ3) is 11.2. The molecule has 7 heteroatoms. The van der Waals surface area contributed by atoms with E-state index in [1.807, 2.05) is 6.92 Å². The van der Waals surface area contributed by atoms with Crippen molar-refractivity contribution >= 4 is 29.9 Å². The van der Waals surface area contributed by atoms with E-state index in [1.165, 1.54) is 5.56 Å². The lowest BCUT2D eigenvalue weighted by Gasteiger charge is -2.30. The van der Waals surface area contributed by atoms with Crippen molar-refractivity contribution < 1.29 is 14.2 Å². The highest BCUT2D eigenvalue weighted by Gasteiger charge is 2.24. The van der Waals surface area contributed by atoms with Gasteiger partial charge in [-0.1, -0.05) is 45.0 Å². The first-order valence-electron chi connectivity index (χ1n) is 9.61. The third-order valence-electron chi connectivity index (χ3n) is 4.23. The van der Waals surface area contributed by atoms with Crippen LogP contribution in [0.2, 0.25) is 0 Å². The molecule has 1 atom stereocenters. The largest absolute Gasteiger partial charge is 0.379 e. The Balaban J connectivity index is 0.00000729. The van der Waals surface area contributed by atoms with E-state index in [-0.39, 0.29) is 35.5 Å². The molecule has 28 heavy (non-hydrogen) atoms. The van der Waals surface area contributed by atoms with Crippen molar-refractivity contribution in [2.24, 2.45) is 10.4 Å². The van der Waals surface area contributed by atoms with Gasteiger partial charge in [0.1, 0.15) is 0 Å². The summed E-state index contributed by atoms with van der Waals surface area (Å²) in [4.78, 5) is 4.29. The van der Waals surface area contributed by atoms with E-state index in [4.69, 9.17) is 14.2 Å². The van der Waals surface area contributed by atoms with Crippen molar-refractivity contribution in [1.29, 1.82) is 0 Å². The number of benzene rings is 1. The summed E-state index contributed by atoms with van der Waals surface area (Å²) in [6.45, 7) is 12.4. The second kappa shape index (κ2) is 15.0. The first kappa shape index (κ1) is 27.1. The Morgan fingerprint density at radius 1 is 1.11 bits per heavy atom. The number of rotatable bonds is 11. The van der Waals surface area contributed by atoms with Crippen molar-refractivity contribution in [1.82, 2.24) is 10.6 Å². The van der Waals surface area contributed by atoms with Crippen molar-refractivity contribution in [3.05, 3.63) is 35.4 Å². The Kier molecular flexibility index (Phi) is 14.5. The summed E-state index contributed by atoms with van der Waals surface area (Å²) in [6.07, 6.45) is 0.105. The van der Waals surface area contributed by atoms with E-state index in [0.717, 1.165) is 18.1 Å². The molecule has 1 unspecified atom stereocenters. The minimum atomic E-state index is 0. The minimum absolute atomic E-state index is 0. The minimum Gasteiger partial charge on any atom is -0.379 e. The van der Waals surface area contributed by atoms with Crippen LogP contribution in [-0.2, 0) is 27.4 Å². The molecule has 0 bridgehead atoms. The van der Waals surface area contributed by atoms with Crippen LogP contribution in [0.1, 0.15) is 38.8 Å². The molecule has 0 amide bonds. The van der Waals surface area contributed by atoms with E-state index in [1.54, 1.807) is 14.2 Å². The van der Waals surface area contributed by atoms with Crippen LogP contribution in [0.4, 0.5) is 0 Å². The Labute approximate surface area is 187 Å². The van der Waals surface area contributed by atoms with Crippen LogP contribution in [0.3, 0.4) is 0 Å². The number of aliphatic imine (C=N–C) groups is 1. The number of halogens is 1. The first-order chi connectivity index (χ1) is 12.9. The van der Waals surface area contributed by atoms with Crippen LogP contribution < -0.4 is 10.6 Å². The summed E-state index contributed by atoms with van der Waals surface area (Å²) in [6, 6.07) is 8.36. The topological polar surface area (TPSA) is 64.1 Å². The summed E-state index contributed by atoms with van der Waals surface area (Å²) in [7, 11) is 3.52. The van der Waals surface area contributed by atoms with Crippen molar-refractivity contribution in [2.75, 3.05) is 40.5 Å². The SMILES string of the molecule is CCOCCOCc1cccc(CNC(=NC)NCC(OC)C(C)(C)C)c1.I. The Morgan fingerprint density at radius 3 is 2.39 bits per heavy atom. The van der Waals surface area contributed by atoms with E-state index >= 15 is 0 Å². The monoisotopic (exact) mass is 507 g/mol. The molecule has 2 N–H and O–H groups in total. The molecule has 0 fully saturated rings. The highest BCUT2D eigenvalue weighted by molar-refractivity contribution is 14.0. The van der Waals surface area contributed by atoms with Crippen LogP contribution in [0.25, 0.3) is 0 Å². The number of nitrogens with one attached hydrogen (secondary N) is 2. The predicted octanol–water partition coefficient (Wildman–Crippen LogP) is 3.58. The van der Waals surface area contributed by atoms with Crippen LogP contribution in [0, 0.1) is 5.41 Å². The van der Waals surface area contributed by atoms with Gasteiger partial charge in [-0.15, -0.1) is 24.0 Å². The maximum atomic E-state index is 5.64. The van der Waals surface area contributed by atoms with Gasteiger partial charge >= 0.3 is 0 Å². The van der Waals surface area contributed by atoms with Crippen molar-refractivity contribution in [2.45, 2.75) is 47.0 Å². The molecule has 0 saturated carbocycles. The van der Waals surface area contributed by atoms with Gasteiger partial charge in [-0.2, -0.15) is 0 Å². The summed E-state index contributed by atoms with van der Waals surface area (Å²) in [5, 5.41) is 6.69. The summed E-state index contributed by atoms with van der Waals surface area (Å²) in [5.74, 6) is 0.764. The Morgan fingerprint density at radius 2 is 1.79 bits per heavy atom. The molecule has 1 aromatic rings. The number of nitrogens with zero attached hydrogens (tertiary/aromatic N) is 1. The first-order valence-corrected chi connectivity index (χ1v) is 9.61. The Bertz CT molecular complexity index is 562. The maximum Gasteiger partial charge on any atom is 0.191 e. The van der Waals surface area contributed by atoms with Gasteiger partial charge in [-0.05, 0) is 23.5 Å². The highest BCUT2D eigenvalue weighted by atomic mass is 127. The zero-order valence-electron chi connectivity index (χ0n) is 18.2. The average molecular weight is 507 g/mol. The van der Waals surface area contributed by atoms with Crippen LogP contribution in [0.15, 0.2) is 29.3 Å². The Hall–Kier alpha value is -0.900. The third-order valence-corrected chi connectivity index (χ3v) is 4.23. The summed E-state index contributed by atoms with van der Waals surface area (Å²) in [5.41, 5.74) is 2.40. The number of ether oxygens (including phenoxy) is 3. The molecule has 1 rings (SSSR count). The second-order valence-corrected chi connectivity index (χ2v) is 7.47. The summed E-state index contributed by atoms with van der Waals surface area (Å²) < 4.78 is 16.5. The molecule has 0 saturated heterocycles. The fourth-order valence-electron chi connectivity index (χ4n) is 2.62. The molecule has 162 valence electrons. The maximum absolute atomic E-state index is 5.64. The van der Waals surface area contributed by atoms with Crippen molar-refractivity contribution in [3.63, 3.8) is 0 Å². The molecule has 0 heterocycles. The number of hydrogen-bond acceptors (Lipinski definition) is 4. The van der Waals surface area contributed by atoms with E-state index in [2.05, 4.69) is 60.7 Å². The second-order valence-electron chi connectivity index (χ2n) is 7.47. The van der Waals surface area contributed by atoms with Gasteiger partial charge in [0.15, 0.2) is 5.96 Å². The lowest BCUT2D eigenvalue weighted by Crippen LogP contribution is -2.45. The molecule has 0 aromatic heterocycles. The molecule has 0 aliphatic heterocycles. The van der Waals surface area contributed by atoms with E-state index < -0.39 is 0 Å².